The number of likely N-dealkylation sites (tertiary alicyclic amines) is 1. The van der Waals surface area contributed by atoms with Gasteiger partial charge in [0.25, 0.3) is 0 Å². The molecule has 0 saturated carbocycles. The molecule has 0 atom stereocenters. The van der Waals surface area contributed by atoms with Crippen molar-refractivity contribution in [3.63, 3.8) is 0 Å². The summed E-state index contributed by atoms with van der Waals surface area (Å²) < 4.78 is 0. The van der Waals surface area contributed by atoms with E-state index in [2.05, 4.69) is 10.6 Å². The fourth-order valence-electron chi connectivity index (χ4n) is 2.58. The number of piperidine rings is 1. The van der Waals surface area contributed by atoms with Crippen LogP contribution < -0.4 is 16.4 Å². The van der Waals surface area contributed by atoms with E-state index in [0.29, 0.717) is 18.2 Å². The summed E-state index contributed by atoms with van der Waals surface area (Å²) in [6, 6.07) is 7.15. The molecule has 120 valence electrons. The van der Waals surface area contributed by atoms with Gasteiger partial charge in [-0.1, -0.05) is 12.1 Å². The first-order valence-electron chi connectivity index (χ1n) is 7.68. The number of hydrogen-bond donors (Lipinski definition) is 3. The average Bonchev–Trinajstić information content (AvgIpc) is 2.52. The molecule has 1 aromatic carbocycles. The van der Waals surface area contributed by atoms with Crippen LogP contribution in [0.3, 0.4) is 0 Å². The maximum Gasteiger partial charge on any atom is 0.319 e. The first kappa shape index (κ1) is 16.3. The molecule has 0 unspecified atom stereocenters. The maximum atomic E-state index is 12.1. The summed E-state index contributed by atoms with van der Waals surface area (Å²) in [5.74, 6) is 0.469. The number of carbonyl (C=O) groups is 2. The van der Waals surface area contributed by atoms with Crippen molar-refractivity contribution in [2.24, 2.45) is 11.7 Å². The number of rotatable bonds is 4. The second-order valence-corrected chi connectivity index (χ2v) is 5.74. The van der Waals surface area contributed by atoms with Crippen LogP contribution >= 0.6 is 0 Å². The average molecular weight is 304 g/mol. The summed E-state index contributed by atoms with van der Waals surface area (Å²) in [4.78, 5) is 25.6. The molecule has 3 amide bonds. The summed E-state index contributed by atoms with van der Waals surface area (Å²) in [7, 11) is 0. The van der Waals surface area contributed by atoms with Gasteiger partial charge in [-0.3, -0.25) is 4.79 Å². The summed E-state index contributed by atoms with van der Waals surface area (Å²) >= 11 is 0. The van der Waals surface area contributed by atoms with E-state index in [1.54, 1.807) is 4.90 Å². The molecule has 6 heteroatoms. The molecule has 0 aliphatic carbocycles. The maximum absolute atomic E-state index is 12.1. The topological polar surface area (TPSA) is 87.5 Å². The van der Waals surface area contributed by atoms with Crippen LogP contribution in [0.1, 0.15) is 18.4 Å². The Labute approximate surface area is 131 Å². The first-order valence-corrected chi connectivity index (χ1v) is 7.68. The lowest BCUT2D eigenvalue weighted by Crippen LogP contribution is -2.45. The number of amides is 3. The van der Waals surface area contributed by atoms with Crippen molar-refractivity contribution in [3.8, 4) is 0 Å². The van der Waals surface area contributed by atoms with Crippen molar-refractivity contribution >= 4 is 17.6 Å². The van der Waals surface area contributed by atoms with Crippen LogP contribution in [0.5, 0.6) is 0 Å². The third kappa shape index (κ3) is 4.73. The number of nitrogens with zero attached hydrogens (tertiary/aromatic N) is 1. The van der Waals surface area contributed by atoms with Crippen LogP contribution in [0, 0.1) is 12.8 Å². The Balaban J connectivity index is 1.73. The molecule has 4 N–H and O–H groups in total. The highest BCUT2D eigenvalue weighted by atomic mass is 16.2. The van der Waals surface area contributed by atoms with Crippen LogP contribution in [0.2, 0.25) is 0 Å². The van der Waals surface area contributed by atoms with Gasteiger partial charge >= 0.3 is 6.03 Å². The summed E-state index contributed by atoms with van der Waals surface area (Å²) in [5, 5.41) is 5.33. The molecule has 22 heavy (non-hydrogen) atoms. The minimum atomic E-state index is -0.365. The van der Waals surface area contributed by atoms with Crippen molar-refractivity contribution in [3.05, 3.63) is 29.8 Å². The minimum absolute atomic E-state index is 0.0188. The Morgan fingerprint density at radius 3 is 2.68 bits per heavy atom. The fraction of sp³-hybridized carbons (Fsp3) is 0.500. The molecular formula is C16H24N4O2. The highest BCUT2D eigenvalue weighted by Gasteiger charge is 2.21. The lowest BCUT2D eigenvalue weighted by atomic mass is 9.97. The van der Waals surface area contributed by atoms with Gasteiger partial charge in [0.1, 0.15) is 0 Å². The molecule has 0 radical (unpaired) electrons. The zero-order valence-corrected chi connectivity index (χ0v) is 13.0. The highest BCUT2D eigenvalue weighted by Crippen LogP contribution is 2.15. The Morgan fingerprint density at radius 1 is 1.32 bits per heavy atom. The summed E-state index contributed by atoms with van der Waals surface area (Å²) in [6.45, 7) is 4.10. The van der Waals surface area contributed by atoms with Crippen LogP contribution in [0.4, 0.5) is 10.5 Å². The van der Waals surface area contributed by atoms with E-state index >= 15 is 0 Å². The Morgan fingerprint density at radius 2 is 2.05 bits per heavy atom. The second kappa shape index (κ2) is 7.79. The number of benzene rings is 1. The number of nitrogens with one attached hydrogen (secondary N) is 2. The zero-order chi connectivity index (χ0) is 15.9. The second-order valence-electron chi connectivity index (χ2n) is 5.74. The molecule has 0 aromatic heterocycles. The van der Waals surface area contributed by atoms with Gasteiger partial charge < -0.3 is 21.3 Å². The van der Waals surface area contributed by atoms with Gasteiger partial charge in [-0.2, -0.15) is 0 Å². The van der Waals surface area contributed by atoms with E-state index in [9.17, 15) is 9.59 Å². The molecule has 1 aliphatic heterocycles. The van der Waals surface area contributed by atoms with Crippen molar-refractivity contribution in [1.82, 2.24) is 10.2 Å². The normalized spacial score (nSPS) is 15.5. The molecule has 6 nitrogen and oxygen atoms in total. The molecule has 0 bridgehead atoms. The van der Waals surface area contributed by atoms with Gasteiger partial charge in [0.05, 0.1) is 6.54 Å². The van der Waals surface area contributed by atoms with Crippen LogP contribution in [0.15, 0.2) is 24.3 Å². The van der Waals surface area contributed by atoms with E-state index in [1.807, 2.05) is 31.2 Å². The van der Waals surface area contributed by atoms with E-state index in [4.69, 9.17) is 5.73 Å². The quantitative estimate of drug-likeness (QED) is 0.784. The van der Waals surface area contributed by atoms with Crippen LogP contribution in [0.25, 0.3) is 0 Å². The van der Waals surface area contributed by atoms with Crippen molar-refractivity contribution in [2.75, 3.05) is 31.5 Å². The smallest absolute Gasteiger partial charge is 0.319 e. The molecule has 1 aliphatic rings. The Kier molecular flexibility index (Phi) is 5.77. The van der Waals surface area contributed by atoms with E-state index < -0.39 is 0 Å². The number of nitrogens with two attached hydrogens (primary N) is 1. The third-order valence-corrected chi connectivity index (χ3v) is 3.98. The van der Waals surface area contributed by atoms with Crippen LogP contribution in [-0.2, 0) is 4.79 Å². The minimum Gasteiger partial charge on any atom is -0.341 e. The Bertz CT molecular complexity index is 525. The lowest BCUT2D eigenvalue weighted by Gasteiger charge is -2.31. The SMILES string of the molecule is Cc1cccc(NC(=O)NCC(=O)N2CCC(CN)CC2)c1. The zero-order valence-electron chi connectivity index (χ0n) is 13.0. The number of carbonyl (C=O) groups excluding carboxylic acids is 2. The monoisotopic (exact) mass is 304 g/mol. The Hall–Kier alpha value is -2.08. The number of aryl methyl sites for hydroxylation is 1. The molecule has 2 rings (SSSR count). The van der Waals surface area contributed by atoms with Gasteiger partial charge in [-0.15, -0.1) is 0 Å². The van der Waals surface area contributed by atoms with Crippen molar-refractivity contribution in [1.29, 1.82) is 0 Å². The highest BCUT2D eigenvalue weighted by molar-refractivity contribution is 5.92. The number of hydrogen-bond acceptors (Lipinski definition) is 3. The molecule has 0 spiro atoms. The lowest BCUT2D eigenvalue weighted by molar-refractivity contribution is -0.131. The van der Waals surface area contributed by atoms with E-state index in [0.717, 1.165) is 31.5 Å². The molecule has 1 saturated heterocycles. The van der Waals surface area contributed by atoms with Crippen molar-refractivity contribution in [2.45, 2.75) is 19.8 Å². The largest absolute Gasteiger partial charge is 0.341 e. The molecule has 1 fully saturated rings. The molecular weight excluding hydrogens is 280 g/mol. The summed E-state index contributed by atoms with van der Waals surface area (Å²) in [5.41, 5.74) is 7.42. The molecule has 1 heterocycles. The van der Waals surface area contributed by atoms with Gasteiger partial charge in [0.2, 0.25) is 5.91 Å². The van der Waals surface area contributed by atoms with Gasteiger partial charge in [-0.05, 0) is 49.9 Å². The van der Waals surface area contributed by atoms with Gasteiger partial charge in [0.15, 0.2) is 0 Å². The predicted octanol–water partition coefficient (Wildman–Crippen LogP) is 1.31. The van der Waals surface area contributed by atoms with Gasteiger partial charge in [0, 0.05) is 18.8 Å². The van der Waals surface area contributed by atoms with Gasteiger partial charge in [-0.25, -0.2) is 4.79 Å². The van der Waals surface area contributed by atoms with E-state index in [-0.39, 0.29) is 18.5 Å². The molecule has 1 aromatic rings. The summed E-state index contributed by atoms with van der Waals surface area (Å²) in [6.07, 6.45) is 1.88. The first-order chi connectivity index (χ1) is 10.6. The fourth-order valence-corrected chi connectivity index (χ4v) is 2.58. The van der Waals surface area contributed by atoms with E-state index in [1.165, 1.54) is 0 Å². The standard InChI is InChI=1S/C16H24N4O2/c1-12-3-2-4-14(9-12)19-16(22)18-11-15(21)20-7-5-13(10-17)6-8-20/h2-4,9,13H,5-8,10-11,17H2,1H3,(H2,18,19,22). The number of urea groups is 1. The third-order valence-electron chi connectivity index (χ3n) is 3.98. The predicted molar refractivity (Wildman–Crippen MR) is 86.6 cm³/mol. The van der Waals surface area contributed by atoms with Crippen molar-refractivity contribution < 1.29 is 9.59 Å². The van der Waals surface area contributed by atoms with Crippen LogP contribution in [-0.4, -0.2) is 43.0 Å². The number of anilines is 1.